The van der Waals surface area contributed by atoms with E-state index in [-0.39, 0.29) is 34.1 Å². The van der Waals surface area contributed by atoms with Crippen molar-refractivity contribution in [2.75, 3.05) is 24.7 Å². The van der Waals surface area contributed by atoms with Gasteiger partial charge in [-0.05, 0) is 16.4 Å². The third-order valence-electron chi connectivity index (χ3n) is 7.00. The number of alkyl halides is 2. The van der Waals surface area contributed by atoms with Gasteiger partial charge in [0.2, 0.25) is 5.95 Å². The number of rotatable bonds is 9. The molecule has 25 heteroatoms. The number of nitrogen functional groups attached to an aromatic ring is 2. The highest BCUT2D eigenvalue weighted by molar-refractivity contribution is 8.39. The van der Waals surface area contributed by atoms with Crippen LogP contribution in [0, 0.1) is 0 Å². The van der Waals surface area contributed by atoms with E-state index in [0.717, 1.165) is 22.8 Å². The minimum absolute atomic E-state index is 0.00710. The van der Waals surface area contributed by atoms with Gasteiger partial charge in [0, 0.05) is 0 Å². The van der Waals surface area contributed by atoms with Crippen molar-refractivity contribution in [2.24, 2.45) is 0 Å². The Bertz CT molecular complexity index is 1850. The Labute approximate surface area is 259 Å². The van der Waals surface area contributed by atoms with E-state index in [9.17, 15) is 19.4 Å². The van der Waals surface area contributed by atoms with Crippen LogP contribution in [0.4, 0.5) is 20.5 Å². The first-order valence-electron chi connectivity index (χ1n) is 12.4. The Morgan fingerprint density at radius 2 is 2.02 bits per heavy atom. The molecule has 44 heavy (non-hydrogen) atoms. The smallest absolute Gasteiger partial charge is 0.395 e. The predicted molar refractivity (Wildman–Crippen MR) is 159 cm³/mol. The Balaban J connectivity index is 1.29. The van der Waals surface area contributed by atoms with Crippen LogP contribution >= 0.6 is 37.7 Å². The van der Waals surface area contributed by atoms with Crippen molar-refractivity contribution in [3.63, 3.8) is 0 Å². The van der Waals surface area contributed by atoms with Gasteiger partial charge < -0.3 is 35.3 Å². The first kappa shape index (κ1) is 31.5. The van der Waals surface area contributed by atoms with Crippen LogP contribution in [-0.4, -0.2) is 103 Å². The Morgan fingerprint density at radius 1 is 1.25 bits per heavy atom. The minimum atomic E-state index is -4.19. The zero-order chi connectivity index (χ0) is 31.5. The van der Waals surface area contributed by atoms with E-state index in [0.29, 0.717) is 0 Å². The lowest BCUT2D eigenvalue weighted by atomic mass is 10.1. The highest BCUT2D eigenvalue weighted by atomic mass is 32.7. The van der Waals surface area contributed by atoms with Crippen LogP contribution in [0.3, 0.4) is 0 Å². The van der Waals surface area contributed by atoms with Gasteiger partial charge in [0.15, 0.2) is 53.1 Å². The standard InChI is InChI=1S/C19H21F2N11O7P2S3/c20-7-6(1-33)44-18(31-4-26-10-15(31)27-19(23)28-16(10)34)12(7)41(36,43)37-2-5-11(39-40(35)42)8(21)17(38-5)32-14-9(29-30-32)13(22)24-3-25-14/h3-8,11-12,17-18,33H,1-2H2,(H6-,22,23,24,25,27,28,30,34,35,36,42,43)/p+1. The average molecular weight is 713 g/mol. The lowest BCUT2D eigenvalue weighted by Crippen LogP contribution is -2.34. The SMILES string of the molecule is Nc1nc2c(ncn2C2SC(CO)C(F)C2P(O)(=S)OCC2OC(n3nnc4c(N)ncnc43)C(F)C2O[P+](=O)S)c(=O)[nH]1. The molecule has 0 amide bonds. The summed E-state index contributed by atoms with van der Waals surface area (Å²) in [6.45, 7) is -5.45. The number of hydrogen-bond donors (Lipinski definition) is 6. The van der Waals surface area contributed by atoms with Gasteiger partial charge in [0.05, 0.1) is 35.8 Å². The summed E-state index contributed by atoms with van der Waals surface area (Å²) in [6, 6.07) is 0. The number of fused-ring (bicyclic) bond motifs is 2. The maximum absolute atomic E-state index is 15.8. The number of aliphatic hydroxyl groups is 1. The highest BCUT2D eigenvalue weighted by Crippen LogP contribution is 2.63. The number of nitrogens with two attached hydrogens (primary N) is 2. The quantitative estimate of drug-likeness (QED) is 0.101. The van der Waals surface area contributed by atoms with E-state index in [1.165, 1.54) is 10.9 Å². The monoisotopic (exact) mass is 712 g/mol. The van der Waals surface area contributed by atoms with Crippen molar-refractivity contribution in [2.45, 2.75) is 47.1 Å². The van der Waals surface area contributed by atoms with Crippen LogP contribution in [0.1, 0.15) is 11.6 Å². The van der Waals surface area contributed by atoms with Crippen molar-refractivity contribution in [1.29, 1.82) is 0 Å². The molecule has 10 unspecified atom stereocenters. The molecule has 0 aromatic carbocycles. The summed E-state index contributed by atoms with van der Waals surface area (Å²) < 4.78 is 62.4. The number of imidazole rings is 1. The summed E-state index contributed by atoms with van der Waals surface area (Å²) in [5.74, 6) is -0.239. The van der Waals surface area contributed by atoms with E-state index in [2.05, 4.69) is 47.5 Å². The Kier molecular flexibility index (Phi) is 8.63. The second-order valence-electron chi connectivity index (χ2n) is 9.60. The lowest BCUT2D eigenvalue weighted by molar-refractivity contribution is -0.0446. The normalized spacial score (nSPS) is 30.7. The number of nitrogens with zero attached hydrogens (tertiary/aromatic N) is 8. The molecular weight excluding hydrogens is 690 g/mol. The van der Waals surface area contributed by atoms with Crippen LogP contribution in [0.25, 0.3) is 22.3 Å². The molecule has 4 aromatic heterocycles. The molecule has 6 rings (SSSR count). The van der Waals surface area contributed by atoms with Gasteiger partial charge in [0.25, 0.3) is 5.56 Å². The summed E-state index contributed by atoms with van der Waals surface area (Å²) in [4.78, 5) is 42.0. The zero-order valence-corrected chi connectivity index (χ0v) is 26.1. The second kappa shape index (κ2) is 12.0. The maximum atomic E-state index is 15.8. The number of aromatic amines is 1. The third kappa shape index (κ3) is 5.48. The molecular formula is C19H22F2N11O7P2S3+. The summed E-state index contributed by atoms with van der Waals surface area (Å²) in [5.41, 5.74) is 9.39. The molecule has 0 bridgehead atoms. The summed E-state index contributed by atoms with van der Waals surface area (Å²) in [5, 5.41) is 15.5. The number of halogens is 2. The van der Waals surface area contributed by atoms with Crippen molar-refractivity contribution < 1.29 is 37.1 Å². The van der Waals surface area contributed by atoms with E-state index >= 15 is 8.78 Å². The fourth-order valence-electron chi connectivity index (χ4n) is 5.03. The van der Waals surface area contributed by atoms with E-state index in [4.69, 9.17) is 37.1 Å². The molecule has 0 radical (unpaired) electrons. The van der Waals surface area contributed by atoms with Gasteiger partial charge in [-0.15, -0.1) is 21.4 Å². The van der Waals surface area contributed by atoms with Crippen molar-refractivity contribution in [3.05, 3.63) is 23.0 Å². The number of ether oxygens (including phenoxy) is 1. The first-order valence-corrected chi connectivity index (χ1v) is 18.5. The van der Waals surface area contributed by atoms with Crippen molar-refractivity contribution >= 4 is 83.6 Å². The van der Waals surface area contributed by atoms with Gasteiger partial charge in [-0.1, -0.05) is 5.21 Å². The molecule has 2 saturated heterocycles. The molecule has 236 valence electrons. The van der Waals surface area contributed by atoms with Crippen molar-refractivity contribution in [1.82, 2.24) is 44.5 Å². The van der Waals surface area contributed by atoms with Crippen LogP contribution < -0.4 is 17.0 Å². The molecule has 2 aliphatic heterocycles. The largest absolute Gasteiger partial charge is 0.582 e. The zero-order valence-electron chi connectivity index (χ0n) is 21.8. The molecule has 7 N–H and O–H groups in total. The predicted octanol–water partition coefficient (Wildman–Crippen LogP) is 0.358. The third-order valence-corrected chi connectivity index (χ3v) is 12.4. The fraction of sp³-hybridized carbons (Fsp3) is 0.526. The van der Waals surface area contributed by atoms with Crippen molar-refractivity contribution in [3.8, 4) is 0 Å². The maximum Gasteiger partial charge on any atom is 0.582 e. The number of aromatic nitrogens is 9. The summed E-state index contributed by atoms with van der Waals surface area (Å²) >= 11 is 10.1. The van der Waals surface area contributed by atoms with E-state index in [1.54, 1.807) is 0 Å². The highest BCUT2D eigenvalue weighted by Gasteiger charge is 2.55. The number of H-pyrrole nitrogens is 1. The van der Waals surface area contributed by atoms with Crippen LogP contribution in [-0.2, 0) is 30.2 Å². The molecule has 0 aliphatic carbocycles. The number of anilines is 2. The molecule has 0 spiro atoms. The topological polar surface area (TPSA) is 257 Å². The average Bonchev–Trinajstić information content (AvgIpc) is 3.72. The number of nitrogens with one attached hydrogen (secondary N) is 1. The summed E-state index contributed by atoms with van der Waals surface area (Å²) in [6.07, 6.45) is -6.03. The molecule has 10 atom stereocenters. The second-order valence-corrected chi connectivity index (χ2v) is 16.2. The first-order chi connectivity index (χ1) is 20.9. The van der Waals surface area contributed by atoms with Gasteiger partial charge in [-0.3, -0.25) is 9.78 Å². The van der Waals surface area contributed by atoms with Gasteiger partial charge in [0.1, 0.15) is 30.9 Å². The Morgan fingerprint density at radius 3 is 2.75 bits per heavy atom. The molecule has 2 aliphatic rings. The molecule has 0 saturated carbocycles. The van der Waals surface area contributed by atoms with Gasteiger partial charge in [-0.2, -0.15) is 9.67 Å². The van der Waals surface area contributed by atoms with Crippen LogP contribution in [0.5, 0.6) is 0 Å². The van der Waals surface area contributed by atoms with E-state index in [1.807, 2.05) is 0 Å². The van der Waals surface area contributed by atoms with Crippen LogP contribution in [0.2, 0.25) is 0 Å². The summed E-state index contributed by atoms with van der Waals surface area (Å²) in [7, 11) is -2.65. The number of thioether (sulfide) groups is 1. The fourth-order valence-corrected chi connectivity index (χ4v) is 10.7. The molecule has 6 heterocycles. The van der Waals surface area contributed by atoms with E-state index < -0.39 is 79.6 Å². The number of aliphatic hydroxyl groups excluding tert-OH is 1. The number of thiol groups is 1. The molecule has 4 aromatic rings. The van der Waals surface area contributed by atoms with Gasteiger partial charge >= 0.3 is 7.23 Å². The molecule has 2 fully saturated rings. The Hall–Kier alpha value is -2.46. The van der Waals surface area contributed by atoms with Crippen LogP contribution in [0.15, 0.2) is 17.4 Å². The minimum Gasteiger partial charge on any atom is -0.395 e. The number of hydrogen-bond acceptors (Lipinski definition) is 16. The van der Waals surface area contributed by atoms with Gasteiger partial charge in [-0.25, -0.2) is 23.7 Å². The molecule has 18 nitrogen and oxygen atoms in total. The lowest BCUT2D eigenvalue weighted by Gasteiger charge is -2.30.